The third kappa shape index (κ3) is 5.84. The molecular weight excluding hydrogens is 352 g/mol. The summed E-state index contributed by atoms with van der Waals surface area (Å²) in [4.78, 5) is 26.8. The molecule has 0 aliphatic rings. The van der Waals surface area contributed by atoms with Gasteiger partial charge in [-0.05, 0) is 48.6 Å². The molecule has 2 amide bonds. The van der Waals surface area contributed by atoms with Crippen molar-refractivity contribution in [2.45, 2.75) is 45.7 Å². The number of hydrogen-bond donors (Lipinski definition) is 1. The van der Waals surface area contributed by atoms with Crippen LogP contribution in [0.1, 0.15) is 37.0 Å². The minimum absolute atomic E-state index is 0.0357. The Morgan fingerprint density at radius 1 is 1.00 bits per heavy atom. The lowest BCUT2D eigenvalue weighted by atomic mass is 10.0. The Kier molecular flexibility index (Phi) is 8.05. The number of benzene rings is 2. The van der Waals surface area contributed by atoms with E-state index in [1.165, 1.54) is 5.56 Å². The summed E-state index contributed by atoms with van der Waals surface area (Å²) in [6, 6.07) is 15.4. The summed E-state index contributed by atoms with van der Waals surface area (Å²) in [5.41, 5.74) is 3.36. The number of aryl methyl sites for hydroxylation is 2. The molecule has 150 valence electrons. The molecular formula is C23H30N2O3. The van der Waals surface area contributed by atoms with E-state index in [1.54, 1.807) is 26.0 Å². The van der Waals surface area contributed by atoms with E-state index in [0.717, 1.165) is 23.3 Å². The largest absolute Gasteiger partial charge is 0.497 e. The number of nitrogens with zero attached hydrogens (tertiary/aromatic N) is 1. The quantitative estimate of drug-likeness (QED) is 0.724. The summed E-state index contributed by atoms with van der Waals surface area (Å²) in [5, 5.41) is 2.64. The van der Waals surface area contributed by atoms with Crippen molar-refractivity contribution < 1.29 is 14.3 Å². The molecule has 2 aromatic carbocycles. The van der Waals surface area contributed by atoms with Crippen LogP contribution in [0.3, 0.4) is 0 Å². The molecule has 0 heterocycles. The second-order valence-electron chi connectivity index (χ2n) is 6.83. The number of nitrogens with one attached hydrogen (secondary N) is 1. The zero-order valence-corrected chi connectivity index (χ0v) is 17.2. The lowest BCUT2D eigenvalue weighted by molar-refractivity contribution is -0.140. The van der Waals surface area contributed by atoms with E-state index in [2.05, 4.69) is 36.5 Å². The van der Waals surface area contributed by atoms with Gasteiger partial charge in [0.1, 0.15) is 11.8 Å². The first kappa shape index (κ1) is 21.5. The number of carbonyl (C=O) groups excluding carboxylic acids is 2. The van der Waals surface area contributed by atoms with Crippen LogP contribution >= 0.6 is 0 Å². The van der Waals surface area contributed by atoms with Gasteiger partial charge in [-0.25, -0.2) is 0 Å². The van der Waals surface area contributed by atoms with Crippen LogP contribution in [-0.4, -0.2) is 36.9 Å². The summed E-state index contributed by atoms with van der Waals surface area (Å²) < 4.78 is 5.18. The highest BCUT2D eigenvalue weighted by atomic mass is 16.5. The van der Waals surface area contributed by atoms with Crippen molar-refractivity contribution in [2.75, 3.05) is 14.2 Å². The molecule has 0 aliphatic carbocycles. The summed E-state index contributed by atoms with van der Waals surface area (Å²) in [7, 11) is 3.20. The second-order valence-corrected chi connectivity index (χ2v) is 6.83. The van der Waals surface area contributed by atoms with Gasteiger partial charge in [-0.15, -0.1) is 0 Å². The number of ether oxygens (including phenoxy) is 1. The van der Waals surface area contributed by atoms with Crippen molar-refractivity contribution in [3.63, 3.8) is 0 Å². The van der Waals surface area contributed by atoms with Gasteiger partial charge in [-0.1, -0.05) is 43.3 Å². The zero-order valence-electron chi connectivity index (χ0n) is 17.2. The maximum atomic E-state index is 13.0. The van der Waals surface area contributed by atoms with Crippen LogP contribution in [0.25, 0.3) is 0 Å². The Hall–Kier alpha value is -2.82. The van der Waals surface area contributed by atoms with E-state index in [4.69, 9.17) is 4.74 Å². The lowest BCUT2D eigenvalue weighted by Crippen LogP contribution is -2.46. The highest BCUT2D eigenvalue weighted by Crippen LogP contribution is 2.16. The van der Waals surface area contributed by atoms with Gasteiger partial charge in [-0.2, -0.15) is 0 Å². The fourth-order valence-corrected chi connectivity index (χ4v) is 3.06. The van der Waals surface area contributed by atoms with Gasteiger partial charge in [0.2, 0.25) is 11.8 Å². The van der Waals surface area contributed by atoms with Crippen LogP contribution in [0.4, 0.5) is 0 Å². The van der Waals surface area contributed by atoms with E-state index < -0.39 is 6.04 Å². The van der Waals surface area contributed by atoms with Crippen molar-refractivity contribution >= 4 is 11.8 Å². The SMILES string of the molecule is CCc1ccc(CCC(=O)N(Cc2ccc(OC)cc2)[C@H](C)C(=O)NC)cc1. The highest BCUT2D eigenvalue weighted by Gasteiger charge is 2.25. The first-order chi connectivity index (χ1) is 13.5. The van der Waals surface area contributed by atoms with Gasteiger partial charge < -0.3 is 15.0 Å². The van der Waals surface area contributed by atoms with Crippen LogP contribution in [-0.2, 0) is 29.0 Å². The molecule has 0 bridgehead atoms. The molecule has 0 aromatic heterocycles. The van der Waals surface area contributed by atoms with Crippen LogP contribution in [0.5, 0.6) is 5.75 Å². The molecule has 1 atom stereocenters. The van der Waals surface area contributed by atoms with Crippen LogP contribution in [0, 0.1) is 0 Å². The first-order valence-corrected chi connectivity index (χ1v) is 9.70. The Bertz CT molecular complexity index is 769. The van der Waals surface area contributed by atoms with E-state index in [0.29, 0.717) is 19.4 Å². The monoisotopic (exact) mass is 382 g/mol. The average Bonchev–Trinajstić information content (AvgIpc) is 2.75. The fraction of sp³-hybridized carbons (Fsp3) is 0.391. The molecule has 2 aromatic rings. The molecule has 0 aliphatic heterocycles. The smallest absolute Gasteiger partial charge is 0.242 e. The van der Waals surface area contributed by atoms with Crippen LogP contribution in [0.2, 0.25) is 0 Å². The van der Waals surface area contributed by atoms with Gasteiger partial charge in [0.05, 0.1) is 7.11 Å². The van der Waals surface area contributed by atoms with E-state index in [9.17, 15) is 9.59 Å². The van der Waals surface area contributed by atoms with Crippen LogP contribution < -0.4 is 10.1 Å². The molecule has 1 N–H and O–H groups in total. The number of likely N-dealkylation sites (N-methyl/N-ethyl adjacent to an activating group) is 1. The number of amides is 2. The summed E-state index contributed by atoms with van der Waals surface area (Å²) >= 11 is 0. The Morgan fingerprint density at radius 3 is 2.11 bits per heavy atom. The van der Waals surface area contributed by atoms with E-state index in [-0.39, 0.29) is 11.8 Å². The molecule has 0 radical (unpaired) electrons. The van der Waals surface area contributed by atoms with Crippen LogP contribution in [0.15, 0.2) is 48.5 Å². The lowest BCUT2D eigenvalue weighted by Gasteiger charge is -2.28. The third-order valence-corrected chi connectivity index (χ3v) is 4.98. The molecule has 0 saturated heterocycles. The van der Waals surface area contributed by atoms with Crippen molar-refractivity contribution in [1.29, 1.82) is 0 Å². The van der Waals surface area contributed by atoms with Gasteiger partial charge in [0.15, 0.2) is 0 Å². The van der Waals surface area contributed by atoms with Gasteiger partial charge in [0, 0.05) is 20.0 Å². The summed E-state index contributed by atoms with van der Waals surface area (Å²) in [5.74, 6) is 0.553. The maximum absolute atomic E-state index is 13.0. The predicted molar refractivity (Wildman–Crippen MR) is 111 cm³/mol. The minimum Gasteiger partial charge on any atom is -0.497 e. The average molecular weight is 383 g/mol. The molecule has 0 spiro atoms. The topological polar surface area (TPSA) is 58.6 Å². The first-order valence-electron chi connectivity index (χ1n) is 9.70. The molecule has 0 fully saturated rings. The molecule has 5 heteroatoms. The van der Waals surface area contributed by atoms with Crippen molar-refractivity contribution in [2.24, 2.45) is 0 Å². The van der Waals surface area contributed by atoms with Crippen molar-refractivity contribution in [3.8, 4) is 5.75 Å². The van der Waals surface area contributed by atoms with E-state index >= 15 is 0 Å². The van der Waals surface area contributed by atoms with Gasteiger partial charge >= 0.3 is 0 Å². The Balaban J connectivity index is 2.09. The molecule has 5 nitrogen and oxygen atoms in total. The van der Waals surface area contributed by atoms with Gasteiger partial charge in [-0.3, -0.25) is 9.59 Å². The zero-order chi connectivity index (χ0) is 20.5. The third-order valence-electron chi connectivity index (χ3n) is 4.98. The minimum atomic E-state index is -0.540. The normalized spacial score (nSPS) is 11.6. The maximum Gasteiger partial charge on any atom is 0.242 e. The highest BCUT2D eigenvalue weighted by molar-refractivity contribution is 5.87. The molecule has 0 unspecified atom stereocenters. The summed E-state index contributed by atoms with van der Waals surface area (Å²) in [6.07, 6.45) is 2.02. The van der Waals surface area contributed by atoms with Crippen molar-refractivity contribution in [1.82, 2.24) is 10.2 Å². The molecule has 2 rings (SSSR count). The number of carbonyl (C=O) groups is 2. The number of rotatable bonds is 9. The second kappa shape index (κ2) is 10.5. The standard InChI is InChI=1S/C23H30N2O3/c1-5-18-6-8-19(9-7-18)12-15-22(26)25(17(2)23(27)24-3)16-20-10-13-21(28-4)14-11-20/h6-11,13-14,17H,5,12,15-16H2,1-4H3,(H,24,27)/t17-/m1/s1. The molecule has 28 heavy (non-hydrogen) atoms. The fourth-order valence-electron chi connectivity index (χ4n) is 3.06. The Morgan fingerprint density at radius 2 is 1.57 bits per heavy atom. The van der Waals surface area contributed by atoms with Gasteiger partial charge in [0.25, 0.3) is 0 Å². The van der Waals surface area contributed by atoms with Crippen molar-refractivity contribution in [3.05, 3.63) is 65.2 Å². The predicted octanol–water partition coefficient (Wildman–Crippen LogP) is 3.35. The number of methoxy groups -OCH3 is 1. The van der Waals surface area contributed by atoms with E-state index in [1.807, 2.05) is 24.3 Å². The summed E-state index contributed by atoms with van der Waals surface area (Å²) in [6.45, 7) is 4.26. The number of hydrogen-bond acceptors (Lipinski definition) is 3. The Labute approximate surface area is 167 Å². The molecule has 0 saturated carbocycles.